The number of aryl methyl sites for hydroxylation is 1. The summed E-state index contributed by atoms with van der Waals surface area (Å²) in [5.41, 5.74) is 1.09. The maximum atomic E-state index is 12.0. The van der Waals surface area contributed by atoms with Crippen molar-refractivity contribution in [3.05, 3.63) is 18.0 Å². The molecule has 4 nitrogen and oxygen atoms in total. The summed E-state index contributed by atoms with van der Waals surface area (Å²) >= 11 is 0. The second kappa shape index (κ2) is 4.99. The highest BCUT2D eigenvalue weighted by Gasteiger charge is 2.42. The zero-order chi connectivity index (χ0) is 13.4. The van der Waals surface area contributed by atoms with Crippen LogP contribution < -0.4 is 5.32 Å². The Morgan fingerprint density at radius 3 is 2.95 bits per heavy atom. The van der Waals surface area contributed by atoms with E-state index in [1.54, 1.807) is 10.9 Å². The van der Waals surface area contributed by atoms with Gasteiger partial charge in [-0.05, 0) is 56.4 Å². The van der Waals surface area contributed by atoms with Gasteiger partial charge >= 0.3 is 0 Å². The Morgan fingerprint density at radius 2 is 2.37 bits per heavy atom. The third-order valence-corrected chi connectivity index (χ3v) is 4.89. The summed E-state index contributed by atoms with van der Waals surface area (Å²) in [6, 6.07) is 0.305. The number of nitrogens with zero attached hydrogens (tertiary/aromatic N) is 2. The van der Waals surface area contributed by atoms with Gasteiger partial charge in [0.1, 0.15) is 6.54 Å². The van der Waals surface area contributed by atoms with Gasteiger partial charge in [-0.25, -0.2) is 0 Å². The molecule has 1 heterocycles. The molecule has 2 aliphatic carbocycles. The van der Waals surface area contributed by atoms with Crippen molar-refractivity contribution in [2.75, 3.05) is 0 Å². The number of hydrogen-bond acceptors (Lipinski definition) is 2. The normalized spacial score (nSPS) is 30.5. The van der Waals surface area contributed by atoms with E-state index in [-0.39, 0.29) is 5.91 Å². The van der Waals surface area contributed by atoms with Gasteiger partial charge in [-0.15, -0.1) is 0 Å². The highest BCUT2D eigenvalue weighted by Crippen LogP contribution is 2.49. The molecule has 19 heavy (non-hydrogen) atoms. The molecule has 1 amide bonds. The second-order valence-electron chi connectivity index (χ2n) is 6.41. The summed E-state index contributed by atoms with van der Waals surface area (Å²) in [5.74, 6) is 2.57. The van der Waals surface area contributed by atoms with Crippen molar-refractivity contribution in [3.8, 4) is 0 Å². The van der Waals surface area contributed by atoms with Gasteiger partial charge in [0.15, 0.2) is 0 Å². The van der Waals surface area contributed by atoms with Crippen molar-refractivity contribution in [3.63, 3.8) is 0 Å². The molecule has 104 valence electrons. The van der Waals surface area contributed by atoms with Crippen LogP contribution in [0.2, 0.25) is 0 Å². The molecule has 4 atom stereocenters. The number of hydrogen-bond donors (Lipinski definition) is 1. The van der Waals surface area contributed by atoms with Gasteiger partial charge in [-0.1, -0.05) is 6.42 Å². The molecule has 0 saturated heterocycles. The van der Waals surface area contributed by atoms with Gasteiger partial charge in [-0.3, -0.25) is 9.48 Å². The second-order valence-corrected chi connectivity index (χ2v) is 6.41. The van der Waals surface area contributed by atoms with E-state index in [2.05, 4.69) is 17.3 Å². The third kappa shape index (κ3) is 2.67. The number of carbonyl (C=O) groups excluding carboxylic acids is 1. The van der Waals surface area contributed by atoms with E-state index in [1.807, 2.05) is 13.1 Å². The fourth-order valence-corrected chi connectivity index (χ4v) is 4.01. The topological polar surface area (TPSA) is 46.9 Å². The molecule has 1 aromatic heterocycles. The van der Waals surface area contributed by atoms with Crippen molar-refractivity contribution < 1.29 is 4.79 Å². The quantitative estimate of drug-likeness (QED) is 0.902. The predicted octanol–water partition coefficient (Wildman–Crippen LogP) is 2.13. The number of carbonyl (C=O) groups is 1. The van der Waals surface area contributed by atoms with Crippen LogP contribution in [-0.4, -0.2) is 21.7 Å². The molecular formula is C15H23N3O. The molecule has 1 aromatic rings. The maximum absolute atomic E-state index is 12.0. The Bertz CT molecular complexity index is 468. The van der Waals surface area contributed by atoms with Crippen molar-refractivity contribution >= 4 is 5.91 Å². The fraction of sp³-hybridized carbons (Fsp3) is 0.733. The Hall–Kier alpha value is -1.32. The lowest BCUT2D eigenvalue weighted by Gasteiger charge is -2.28. The van der Waals surface area contributed by atoms with Crippen LogP contribution in [0, 0.1) is 24.7 Å². The van der Waals surface area contributed by atoms with E-state index in [0.29, 0.717) is 18.5 Å². The molecule has 2 saturated carbocycles. The molecule has 1 N–H and O–H groups in total. The zero-order valence-electron chi connectivity index (χ0n) is 11.8. The van der Waals surface area contributed by atoms with E-state index in [0.717, 1.165) is 17.4 Å². The lowest BCUT2D eigenvalue weighted by atomic mass is 9.84. The van der Waals surface area contributed by atoms with E-state index in [1.165, 1.54) is 25.7 Å². The lowest BCUT2D eigenvalue weighted by Crippen LogP contribution is -2.41. The first-order valence-corrected chi connectivity index (χ1v) is 7.40. The largest absolute Gasteiger partial charge is 0.352 e. The van der Waals surface area contributed by atoms with E-state index in [4.69, 9.17) is 0 Å². The average Bonchev–Trinajstić information content (AvgIpc) is 3.05. The van der Waals surface area contributed by atoms with Crippen LogP contribution in [0.3, 0.4) is 0 Å². The molecule has 3 rings (SSSR count). The highest BCUT2D eigenvalue weighted by molar-refractivity contribution is 5.75. The standard InChI is InChI=1S/C15H23N3O/c1-10-7-16-18(8-10)9-15(19)17-11(2)14-6-12-3-4-13(14)5-12/h7-8,11-14H,3-6,9H2,1-2H3,(H,17,19)/t11-,12+,13+,14+/m1/s1. The first-order valence-electron chi connectivity index (χ1n) is 7.40. The summed E-state index contributed by atoms with van der Waals surface area (Å²) < 4.78 is 1.71. The highest BCUT2D eigenvalue weighted by atomic mass is 16.2. The monoisotopic (exact) mass is 261 g/mol. The summed E-state index contributed by atoms with van der Waals surface area (Å²) in [6.45, 7) is 4.48. The SMILES string of the molecule is Cc1cnn(CC(=O)N[C@H](C)[C@@H]2C[C@H]3CC[C@H]2C3)c1. The molecule has 2 bridgehead atoms. The minimum Gasteiger partial charge on any atom is -0.352 e. The minimum atomic E-state index is 0.0818. The molecule has 0 unspecified atom stereocenters. The fourth-order valence-electron chi connectivity index (χ4n) is 4.01. The number of fused-ring (bicyclic) bond motifs is 2. The molecule has 0 spiro atoms. The van der Waals surface area contributed by atoms with Crippen LogP contribution in [0.1, 0.15) is 38.2 Å². The van der Waals surface area contributed by atoms with Gasteiger partial charge in [0.2, 0.25) is 5.91 Å². The summed E-state index contributed by atoms with van der Waals surface area (Å²) in [4.78, 5) is 12.0. The number of amides is 1. The number of nitrogens with one attached hydrogen (secondary N) is 1. The summed E-state index contributed by atoms with van der Waals surface area (Å²) in [6.07, 6.45) is 9.17. The number of aromatic nitrogens is 2. The van der Waals surface area contributed by atoms with Crippen molar-refractivity contribution in [1.82, 2.24) is 15.1 Å². The molecule has 0 radical (unpaired) electrons. The zero-order valence-corrected chi connectivity index (χ0v) is 11.8. The van der Waals surface area contributed by atoms with E-state index >= 15 is 0 Å². The number of rotatable bonds is 4. The Morgan fingerprint density at radius 1 is 1.53 bits per heavy atom. The van der Waals surface area contributed by atoms with Gasteiger partial charge in [-0.2, -0.15) is 5.10 Å². The first-order chi connectivity index (χ1) is 9.11. The molecule has 0 aliphatic heterocycles. The van der Waals surface area contributed by atoms with Crippen molar-refractivity contribution in [2.24, 2.45) is 17.8 Å². The summed E-state index contributed by atoms with van der Waals surface area (Å²) in [7, 11) is 0. The van der Waals surface area contributed by atoms with Gasteiger partial charge < -0.3 is 5.32 Å². The molecule has 2 fully saturated rings. The Labute approximate surface area is 114 Å². The van der Waals surface area contributed by atoms with Crippen LogP contribution >= 0.6 is 0 Å². The van der Waals surface area contributed by atoms with E-state index in [9.17, 15) is 4.79 Å². The van der Waals surface area contributed by atoms with Crippen LogP contribution in [0.5, 0.6) is 0 Å². The van der Waals surface area contributed by atoms with Crippen molar-refractivity contribution in [2.45, 2.75) is 52.1 Å². The van der Waals surface area contributed by atoms with Crippen molar-refractivity contribution in [1.29, 1.82) is 0 Å². The molecule has 0 aromatic carbocycles. The average molecular weight is 261 g/mol. The summed E-state index contributed by atoms with van der Waals surface area (Å²) in [5, 5.41) is 7.32. The smallest absolute Gasteiger partial charge is 0.241 e. The van der Waals surface area contributed by atoms with E-state index < -0.39 is 0 Å². The van der Waals surface area contributed by atoms with Crippen LogP contribution in [0.4, 0.5) is 0 Å². The van der Waals surface area contributed by atoms with Gasteiger partial charge in [0.25, 0.3) is 0 Å². The lowest BCUT2D eigenvalue weighted by molar-refractivity contribution is -0.122. The van der Waals surface area contributed by atoms with Gasteiger partial charge in [0.05, 0.1) is 6.20 Å². The Kier molecular flexibility index (Phi) is 3.33. The molecule has 4 heteroatoms. The Balaban J connectivity index is 1.52. The molecule has 2 aliphatic rings. The van der Waals surface area contributed by atoms with Crippen LogP contribution in [0.25, 0.3) is 0 Å². The van der Waals surface area contributed by atoms with Crippen LogP contribution in [-0.2, 0) is 11.3 Å². The first kappa shape index (κ1) is 12.7. The van der Waals surface area contributed by atoms with Crippen LogP contribution in [0.15, 0.2) is 12.4 Å². The van der Waals surface area contributed by atoms with Gasteiger partial charge in [0, 0.05) is 12.2 Å². The predicted molar refractivity (Wildman–Crippen MR) is 73.5 cm³/mol. The maximum Gasteiger partial charge on any atom is 0.241 e. The minimum absolute atomic E-state index is 0.0818. The molecular weight excluding hydrogens is 238 g/mol. The third-order valence-electron chi connectivity index (χ3n) is 4.89.